The van der Waals surface area contributed by atoms with E-state index in [9.17, 15) is 18.0 Å². The van der Waals surface area contributed by atoms with Gasteiger partial charge in [-0.1, -0.05) is 0 Å². The smallest absolute Gasteiger partial charge is 0.416 e. The molecule has 0 unspecified atom stereocenters. The Morgan fingerprint density at radius 3 is 2.56 bits per heavy atom. The summed E-state index contributed by atoms with van der Waals surface area (Å²) in [5.74, 6) is -1.20. The third-order valence-electron chi connectivity index (χ3n) is 1.91. The number of alkyl halides is 3. The molecule has 16 heavy (non-hydrogen) atoms. The Bertz CT molecular complexity index is 433. The first-order chi connectivity index (χ1) is 7.30. The highest BCUT2D eigenvalue weighted by Crippen LogP contribution is 2.30. The highest BCUT2D eigenvalue weighted by atomic mass is 19.4. The van der Waals surface area contributed by atoms with Crippen LogP contribution in [0.3, 0.4) is 0 Å². The summed E-state index contributed by atoms with van der Waals surface area (Å²) in [6.45, 7) is 1.43. The molecule has 1 rings (SSSR count). The Hall–Kier alpha value is -1.78. The molecule has 85 valence electrons. The highest BCUT2D eigenvalue weighted by Gasteiger charge is 2.30. The average Bonchev–Trinajstić information content (AvgIpc) is 2.15. The topological polar surface area (TPSA) is 37.3 Å². The number of carbonyl (C=O) groups is 1. The van der Waals surface area contributed by atoms with Gasteiger partial charge in [0.1, 0.15) is 0 Å². The van der Waals surface area contributed by atoms with Gasteiger partial charge in [0.15, 0.2) is 0 Å². The van der Waals surface area contributed by atoms with E-state index in [1.54, 1.807) is 0 Å². The molecule has 0 spiro atoms. The second-order valence-electron chi connectivity index (χ2n) is 3.17. The summed E-state index contributed by atoms with van der Waals surface area (Å²) in [7, 11) is 0. The van der Waals surface area contributed by atoms with Crippen molar-refractivity contribution in [3.63, 3.8) is 0 Å². The van der Waals surface area contributed by atoms with Crippen LogP contribution in [0.1, 0.15) is 18.1 Å². The summed E-state index contributed by atoms with van der Waals surface area (Å²) in [5, 5.41) is 8.47. The second-order valence-corrected chi connectivity index (χ2v) is 3.17. The molecule has 0 aromatic heterocycles. The molecule has 1 radical (unpaired) electrons. The van der Waals surface area contributed by atoms with Crippen LogP contribution in [0.15, 0.2) is 24.3 Å². The van der Waals surface area contributed by atoms with Gasteiger partial charge in [-0.25, -0.2) is 4.79 Å². The summed E-state index contributed by atoms with van der Waals surface area (Å²) in [6.07, 6.45) is -3.60. The van der Waals surface area contributed by atoms with Gasteiger partial charge in [0.25, 0.3) is 0 Å². The molecule has 0 aliphatic rings. The van der Waals surface area contributed by atoms with Crippen LogP contribution in [0, 0.1) is 6.07 Å². The van der Waals surface area contributed by atoms with Gasteiger partial charge in [0.2, 0.25) is 0 Å². The predicted molar refractivity (Wildman–Crippen MR) is 51.6 cm³/mol. The molecule has 0 fully saturated rings. The lowest BCUT2D eigenvalue weighted by atomic mass is 10.0. The predicted octanol–water partition coefficient (Wildman–Crippen LogP) is 2.99. The van der Waals surface area contributed by atoms with Crippen LogP contribution in [-0.4, -0.2) is 11.1 Å². The average molecular weight is 229 g/mol. The van der Waals surface area contributed by atoms with Crippen molar-refractivity contribution in [2.24, 2.45) is 0 Å². The van der Waals surface area contributed by atoms with Gasteiger partial charge in [-0.2, -0.15) is 13.2 Å². The number of benzene rings is 1. The van der Waals surface area contributed by atoms with E-state index in [2.05, 4.69) is 6.07 Å². The van der Waals surface area contributed by atoms with Crippen molar-refractivity contribution in [1.29, 1.82) is 0 Å². The first-order valence-electron chi connectivity index (χ1n) is 4.30. The van der Waals surface area contributed by atoms with Gasteiger partial charge in [-0.15, -0.1) is 0 Å². The number of halogens is 3. The second kappa shape index (κ2) is 4.38. The van der Waals surface area contributed by atoms with Crippen molar-refractivity contribution in [2.45, 2.75) is 13.1 Å². The first-order valence-corrected chi connectivity index (χ1v) is 4.30. The Balaban J connectivity index is 3.13. The van der Waals surface area contributed by atoms with Crippen molar-refractivity contribution in [1.82, 2.24) is 0 Å². The quantitative estimate of drug-likeness (QED) is 0.791. The third-order valence-corrected chi connectivity index (χ3v) is 1.91. The molecule has 0 aliphatic carbocycles. The molecule has 0 amide bonds. The maximum absolute atomic E-state index is 12.3. The number of hydrogen-bond donors (Lipinski definition) is 1. The SMILES string of the molecule is CC(=CC(=O)O)c1c[c]cc(C(F)(F)F)c1. The van der Waals surface area contributed by atoms with Crippen molar-refractivity contribution in [3.8, 4) is 0 Å². The van der Waals surface area contributed by atoms with Crippen molar-refractivity contribution in [2.75, 3.05) is 0 Å². The minimum Gasteiger partial charge on any atom is -0.478 e. The molecule has 1 aromatic carbocycles. The number of aliphatic carboxylic acids is 1. The van der Waals surface area contributed by atoms with E-state index in [-0.39, 0.29) is 11.1 Å². The fourth-order valence-electron chi connectivity index (χ4n) is 1.13. The van der Waals surface area contributed by atoms with Crippen molar-refractivity contribution >= 4 is 11.5 Å². The normalized spacial score (nSPS) is 12.6. The zero-order valence-corrected chi connectivity index (χ0v) is 8.30. The number of allylic oxidation sites excluding steroid dienone is 1. The lowest BCUT2D eigenvalue weighted by molar-refractivity contribution is -0.137. The highest BCUT2D eigenvalue weighted by molar-refractivity contribution is 5.89. The van der Waals surface area contributed by atoms with Crippen molar-refractivity contribution < 1.29 is 23.1 Å². The van der Waals surface area contributed by atoms with E-state index in [0.29, 0.717) is 0 Å². The van der Waals surface area contributed by atoms with Crippen molar-refractivity contribution in [3.05, 3.63) is 41.5 Å². The van der Waals surface area contributed by atoms with Crippen LogP contribution in [-0.2, 0) is 11.0 Å². The number of carboxylic acids is 1. The van der Waals surface area contributed by atoms with Gasteiger partial charge in [-0.3, -0.25) is 0 Å². The third kappa shape index (κ3) is 3.12. The Morgan fingerprint density at radius 2 is 2.06 bits per heavy atom. The maximum Gasteiger partial charge on any atom is 0.416 e. The molecule has 0 aliphatic heterocycles. The van der Waals surface area contributed by atoms with Crippen LogP contribution in [0.5, 0.6) is 0 Å². The summed E-state index contributed by atoms with van der Waals surface area (Å²) < 4.78 is 37.0. The van der Waals surface area contributed by atoms with Crippen LogP contribution in [0.4, 0.5) is 13.2 Å². The number of rotatable bonds is 2. The Labute approximate surface area is 90.0 Å². The molecule has 2 nitrogen and oxygen atoms in total. The minimum absolute atomic E-state index is 0.192. The van der Waals surface area contributed by atoms with E-state index in [4.69, 9.17) is 5.11 Å². The van der Waals surface area contributed by atoms with E-state index in [1.807, 2.05) is 0 Å². The van der Waals surface area contributed by atoms with Gasteiger partial charge >= 0.3 is 12.1 Å². The summed E-state index contributed by atoms with van der Waals surface area (Å²) >= 11 is 0. The number of carboxylic acid groups (broad SMARTS) is 1. The first kappa shape index (κ1) is 12.3. The Morgan fingerprint density at radius 1 is 1.44 bits per heavy atom. The van der Waals surface area contributed by atoms with E-state index < -0.39 is 17.7 Å². The zero-order chi connectivity index (χ0) is 12.3. The fraction of sp³-hybridized carbons (Fsp3) is 0.182. The standard InChI is InChI=1S/C11H8F3O2/c1-7(5-10(15)16)8-3-2-4-9(6-8)11(12,13)14/h3-6H,1H3,(H,15,16). The molecular formula is C11H8F3O2. The van der Waals surface area contributed by atoms with Crippen LogP contribution in [0.25, 0.3) is 5.57 Å². The fourth-order valence-corrected chi connectivity index (χ4v) is 1.13. The number of hydrogen-bond acceptors (Lipinski definition) is 1. The molecule has 0 atom stereocenters. The van der Waals surface area contributed by atoms with Gasteiger partial charge in [0, 0.05) is 6.08 Å². The maximum atomic E-state index is 12.3. The minimum atomic E-state index is -4.45. The molecule has 1 N–H and O–H groups in total. The van der Waals surface area contributed by atoms with Crippen LogP contribution in [0.2, 0.25) is 0 Å². The van der Waals surface area contributed by atoms with Gasteiger partial charge in [0.05, 0.1) is 5.56 Å². The largest absolute Gasteiger partial charge is 0.478 e. The lowest BCUT2D eigenvalue weighted by Gasteiger charge is -2.08. The summed E-state index contributed by atoms with van der Waals surface area (Å²) in [4.78, 5) is 10.4. The monoisotopic (exact) mass is 229 g/mol. The van der Waals surface area contributed by atoms with E-state index in [1.165, 1.54) is 13.0 Å². The molecule has 0 bridgehead atoms. The van der Waals surface area contributed by atoms with Crippen LogP contribution < -0.4 is 0 Å². The van der Waals surface area contributed by atoms with E-state index >= 15 is 0 Å². The van der Waals surface area contributed by atoms with Crippen LogP contribution >= 0.6 is 0 Å². The van der Waals surface area contributed by atoms with Gasteiger partial charge in [-0.05, 0) is 42.3 Å². The summed E-state index contributed by atoms with van der Waals surface area (Å²) in [5.41, 5.74) is -0.407. The molecule has 1 aromatic rings. The molecular weight excluding hydrogens is 221 g/mol. The molecule has 0 saturated carbocycles. The lowest BCUT2D eigenvalue weighted by Crippen LogP contribution is -2.05. The Kier molecular flexibility index (Phi) is 3.37. The van der Waals surface area contributed by atoms with Gasteiger partial charge < -0.3 is 5.11 Å². The molecule has 0 heterocycles. The molecule has 5 heteroatoms. The summed E-state index contributed by atoms with van der Waals surface area (Å²) in [6, 6.07) is 5.36. The zero-order valence-electron chi connectivity index (χ0n) is 8.30. The molecule has 0 saturated heterocycles. The van der Waals surface area contributed by atoms with E-state index in [0.717, 1.165) is 18.2 Å².